The second-order valence-electron chi connectivity index (χ2n) is 3.58. The molecule has 1 aromatic carbocycles. The van der Waals surface area contributed by atoms with Gasteiger partial charge in [-0.3, -0.25) is 4.79 Å². The normalized spacial score (nSPS) is 19.9. The summed E-state index contributed by atoms with van der Waals surface area (Å²) in [6, 6.07) is 4.83. The smallest absolute Gasteiger partial charge is 0.311 e. The molecule has 4 heteroatoms. The topological polar surface area (TPSA) is 66.8 Å². The first-order chi connectivity index (χ1) is 7.20. The Bertz CT molecular complexity index is 386. The number of fused-ring (bicyclic) bond motifs is 1. The maximum absolute atomic E-state index is 11.0. The Labute approximate surface area is 87.1 Å². The molecule has 0 aliphatic carbocycles. The van der Waals surface area contributed by atoms with Gasteiger partial charge < -0.3 is 14.9 Å². The molecule has 0 bridgehead atoms. The molecule has 0 radical (unpaired) electrons. The molecule has 4 nitrogen and oxygen atoms in total. The molecule has 0 spiro atoms. The number of carbonyl (C=O) groups is 1. The predicted molar refractivity (Wildman–Crippen MR) is 53.2 cm³/mol. The van der Waals surface area contributed by atoms with E-state index in [4.69, 9.17) is 9.84 Å². The van der Waals surface area contributed by atoms with Crippen molar-refractivity contribution in [3.8, 4) is 11.5 Å². The van der Waals surface area contributed by atoms with E-state index in [2.05, 4.69) is 0 Å². The highest BCUT2D eigenvalue weighted by atomic mass is 16.5. The zero-order valence-corrected chi connectivity index (χ0v) is 8.14. The summed E-state index contributed by atoms with van der Waals surface area (Å²) < 4.78 is 5.35. The van der Waals surface area contributed by atoms with Crippen LogP contribution in [0.1, 0.15) is 24.3 Å². The second kappa shape index (κ2) is 3.81. The van der Waals surface area contributed by atoms with Gasteiger partial charge in [0, 0.05) is 5.56 Å². The lowest BCUT2D eigenvalue weighted by Gasteiger charge is -2.12. The van der Waals surface area contributed by atoms with Gasteiger partial charge in [0.1, 0.15) is 0 Å². The van der Waals surface area contributed by atoms with Crippen molar-refractivity contribution in [2.24, 2.45) is 0 Å². The van der Waals surface area contributed by atoms with Crippen molar-refractivity contribution in [3.63, 3.8) is 0 Å². The van der Waals surface area contributed by atoms with E-state index >= 15 is 0 Å². The summed E-state index contributed by atoms with van der Waals surface area (Å²) in [6.07, 6.45) is 1.23. The third-order valence-electron chi connectivity index (χ3n) is 2.58. The third kappa shape index (κ3) is 1.75. The van der Waals surface area contributed by atoms with Crippen LogP contribution >= 0.6 is 0 Å². The number of para-hydroxylation sites is 1. The highest BCUT2D eigenvalue weighted by molar-refractivity contribution is 5.78. The summed E-state index contributed by atoms with van der Waals surface area (Å²) >= 11 is 0. The molecule has 1 aromatic rings. The molecule has 0 fully saturated rings. The van der Waals surface area contributed by atoms with E-state index < -0.39 is 11.9 Å². The fourth-order valence-electron chi connectivity index (χ4n) is 1.85. The molecular formula is C11H12O4. The van der Waals surface area contributed by atoms with Crippen LogP contribution in [0.4, 0.5) is 0 Å². The van der Waals surface area contributed by atoms with Crippen LogP contribution < -0.4 is 4.74 Å². The molecule has 1 atom stereocenters. The largest absolute Gasteiger partial charge is 0.504 e. The van der Waals surface area contributed by atoms with Crippen LogP contribution in [0, 0.1) is 0 Å². The quantitative estimate of drug-likeness (QED) is 0.737. The zero-order valence-electron chi connectivity index (χ0n) is 8.14. The van der Waals surface area contributed by atoms with Crippen molar-refractivity contribution < 1.29 is 19.7 Å². The minimum absolute atomic E-state index is 0.0145. The summed E-state index contributed by atoms with van der Waals surface area (Å²) in [6.45, 7) is 0.453. The summed E-state index contributed by atoms with van der Waals surface area (Å²) in [5, 5.41) is 18.6. The van der Waals surface area contributed by atoms with Gasteiger partial charge in [0.05, 0.1) is 12.5 Å². The van der Waals surface area contributed by atoms with Crippen molar-refractivity contribution >= 4 is 5.97 Å². The van der Waals surface area contributed by atoms with Crippen LogP contribution in [0.25, 0.3) is 0 Å². The molecule has 1 unspecified atom stereocenters. The standard InChI is InChI=1S/C11H12O4/c12-9-5-1-3-7-8(11(13)14)4-2-6-15-10(7)9/h1,3,5,8,12H,2,4,6H2,(H,13,14). The number of hydrogen-bond acceptors (Lipinski definition) is 3. The lowest BCUT2D eigenvalue weighted by molar-refractivity contribution is -0.138. The molecule has 2 rings (SSSR count). The van der Waals surface area contributed by atoms with Crippen molar-refractivity contribution in [2.75, 3.05) is 6.61 Å². The van der Waals surface area contributed by atoms with E-state index in [1.165, 1.54) is 6.07 Å². The maximum atomic E-state index is 11.0. The third-order valence-corrected chi connectivity index (χ3v) is 2.58. The van der Waals surface area contributed by atoms with Crippen molar-refractivity contribution in [1.82, 2.24) is 0 Å². The molecular weight excluding hydrogens is 196 g/mol. The first-order valence-electron chi connectivity index (χ1n) is 4.87. The van der Waals surface area contributed by atoms with Crippen molar-refractivity contribution in [2.45, 2.75) is 18.8 Å². The van der Waals surface area contributed by atoms with Crippen LogP contribution in [-0.2, 0) is 4.79 Å². The van der Waals surface area contributed by atoms with Crippen molar-refractivity contribution in [3.05, 3.63) is 23.8 Å². The summed E-state index contributed by atoms with van der Waals surface area (Å²) in [4.78, 5) is 11.0. The molecule has 80 valence electrons. The summed E-state index contributed by atoms with van der Waals surface area (Å²) in [7, 11) is 0. The van der Waals surface area contributed by atoms with E-state index in [-0.39, 0.29) is 5.75 Å². The molecule has 2 N–H and O–H groups in total. The van der Waals surface area contributed by atoms with Crippen LogP contribution in [0.5, 0.6) is 11.5 Å². The second-order valence-corrected chi connectivity index (χ2v) is 3.58. The first kappa shape index (κ1) is 9.83. The van der Waals surface area contributed by atoms with E-state index in [0.29, 0.717) is 30.8 Å². The Morgan fingerprint density at radius 1 is 1.47 bits per heavy atom. The average molecular weight is 208 g/mol. The number of carboxylic acid groups (broad SMARTS) is 1. The maximum Gasteiger partial charge on any atom is 0.311 e. The fourth-order valence-corrected chi connectivity index (χ4v) is 1.85. The Balaban J connectivity index is 2.49. The van der Waals surface area contributed by atoms with Gasteiger partial charge in [-0.05, 0) is 18.9 Å². The van der Waals surface area contributed by atoms with Gasteiger partial charge >= 0.3 is 5.97 Å². The van der Waals surface area contributed by atoms with Gasteiger partial charge in [-0.1, -0.05) is 12.1 Å². The summed E-state index contributed by atoms with van der Waals surface area (Å²) in [5.41, 5.74) is 0.569. The van der Waals surface area contributed by atoms with Gasteiger partial charge in [0.25, 0.3) is 0 Å². The van der Waals surface area contributed by atoms with Gasteiger partial charge in [0.2, 0.25) is 0 Å². The Hall–Kier alpha value is -1.71. The Morgan fingerprint density at radius 2 is 2.27 bits per heavy atom. The molecule has 1 aliphatic rings. The lowest BCUT2D eigenvalue weighted by Crippen LogP contribution is -2.10. The SMILES string of the molecule is O=C(O)C1CCCOc2c(O)cccc21. The van der Waals surface area contributed by atoms with Crippen molar-refractivity contribution in [1.29, 1.82) is 0 Å². The monoisotopic (exact) mass is 208 g/mol. The summed E-state index contributed by atoms with van der Waals surface area (Å²) in [5.74, 6) is -1.11. The van der Waals surface area contributed by atoms with Gasteiger partial charge in [-0.2, -0.15) is 0 Å². The number of carboxylic acids is 1. The molecule has 0 saturated carbocycles. The lowest BCUT2D eigenvalue weighted by atomic mass is 9.94. The Morgan fingerprint density at radius 3 is 3.00 bits per heavy atom. The van der Waals surface area contributed by atoms with Crippen LogP contribution in [0.3, 0.4) is 0 Å². The minimum Gasteiger partial charge on any atom is -0.504 e. The zero-order chi connectivity index (χ0) is 10.8. The molecule has 1 heterocycles. The number of phenols is 1. The van der Waals surface area contributed by atoms with Gasteiger partial charge in [0.15, 0.2) is 11.5 Å². The van der Waals surface area contributed by atoms with E-state index in [1.54, 1.807) is 12.1 Å². The van der Waals surface area contributed by atoms with Crippen LogP contribution in [0.2, 0.25) is 0 Å². The Kier molecular flexibility index (Phi) is 2.49. The minimum atomic E-state index is -0.868. The molecule has 0 saturated heterocycles. The van der Waals surface area contributed by atoms with Crippen LogP contribution in [0.15, 0.2) is 18.2 Å². The molecule has 15 heavy (non-hydrogen) atoms. The average Bonchev–Trinajstić information content (AvgIpc) is 2.40. The van der Waals surface area contributed by atoms with Gasteiger partial charge in [-0.15, -0.1) is 0 Å². The number of benzene rings is 1. The molecule has 0 aromatic heterocycles. The van der Waals surface area contributed by atoms with E-state index in [1.807, 2.05) is 0 Å². The highest BCUT2D eigenvalue weighted by Crippen LogP contribution is 2.38. The number of hydrogen-bond donors (Lipinski definition) is 2. The molecule has 1 aliphatic heterocycles. The van der Waals surface area contributed by atoms with Crippen LogP contribution in [-0.4, -0.2) is 22.8 Å². The predicted octanol–water partition coefficient (Wildman–Crippen LogP) is 1.73. The van der Waals surface area contributed by atoms with Gasteiger partial charge in [-0.25, -0.2) is 0 Å². The number of phenolic OH excluding ortho intramolecular Hbond substituents is 1. The number of ether oxygens (including phenoxy) is 1. The number of rotatable bonds is 1. The first-order valence-corrected chi connectivity index (χ1v) is 4.87. The number of aliphatic carboxylic acids is 1. The van der Waals surface area contributed by atoms with E-state index in [0.717, 1.165) is 0 Å². The number of aromatic hydroxyl groups is 1. The highest BCUT2D eigenvalue weighted by Gasteiger charge is 2.27. The fraction of sp³-hybridized carbons (Fsp3) is 0.364. The van der Waals surface area contributed by atoms with E-state index in [9.17, 15) is 9.90 Å². The molecule has 0 amide bonds.